The van der Waals surface area contributed by atoms with E-state index in [2.05, 4.69) is 5.32 Å². The molecule has 0 bridgehead atoms. The maximum Gasteiger partial charge on any atom is 0.318 e. The van der Waals surface area contributed by atoms with E-state index in [1.165, 1.54) is 13.8 Å². The Morgan fingerprint density at radius 2 is 1.80 bits per heavy atom. The number of amides is 1. The van der Waals surface area contributed by atoms with E-state index >= 15 is 0 Å². The first-order chi connectivity index (χ1) is 6.65. The fourth-order valence-corrected chi connectivity index (χ4v) is 2.41. The lowest BCUT2D eigenvalue weighted by Gasteiger charge is -2.29. The van der Waals surface area contributed by atoms with Crippen LogP contribution in [-0.4, -0.2) is 42.9 Å². The Kier molecular flexibility index (Phi) is 2.77. The van der Waals surface area contributed by atoms with Crippen molar-refractivity contribution in [1.82, 2.24) is 5.32 Å². The minimum absolute atomic E-state index is 0.103. The van der Waals surface area contributed by atoms with Crippen molar-refractivity contribution < 1.29 is 23.1 Å². The highest BCUT2D eigenvalue weighted by Crippen LogP contribution is 2.18. The van der Waals surface area contributed by atoms with Crippen molar-refractivity contribution in [3.63, 3.8) is 0 Å². The van der Waals surface area contributed by atoms with Gasteiger partial charge in [-0.1, -0.05) is 0 Å². The van der Waals surface area contributed by atoms with E-state index in [1.807, 2.05) is 0 Å². The largest absolute Gasteiger partial charge is 0.480 e. The summed E-state index contributed by atoms with van der Waals surface area (Å²) < 4.78 is 21.6. The molecule has 0 aromatic carbocycles. The van der Waals surface area contributed by atoms with Gasteiger partial charge in [0.15, 0.2) is 9.84 Å². The first-order valence-electron chi connectivity index (χ1n) is 4.40. The van der Waals surface area contributed by atoms with Crippen LogP contribution in [0.5, 0.6) is 0 Å². The number of carboxylic acids is 1. The molecule has 1 rings (SSSR count). The van der Waals surface area contributed by atoms with Crippen LogP contribution in [0.4, 0.5) is 0 Å². The molecular weight excluding hydrogens is 222 g/mol. The van der Waals surface area contributed by atoms with Crippen molar-refractivity contribution in [3.8, 4) is 0 Å². The number of sulfone groups is 1. The van der Waals surface area contributed by atoms with Crippen LogP contribution >= 0.6 is 0 Å². The summed E-state index contributed by atoms with van der Waals surface area (Å²) in [5.74, 6) is -2.10. The van der Waals surface area contributed by atoms with Crippen molar-refractivity contribution >= 4 is 21.7 Å². The molecule has 1 aliphatic heterocycles. The monoisotopic (exact) mass is 235 g/mol. The highest BCUT2D eigenvalue weighted by Gasteiger charge is 2.41. The van der Waals surface area contributed by atoms with Crippen molar-refractivity contribution in [2.24, 2.45) is 5.41 Å². The van der Waals surface area contributed by atoms with Gasteiger partial charge in [-0.05, 0) is 13.8 Å². The highest BCUT2D eigenvalue weighted by atomic mass is 32.2. The second kappa shape index (κ2) is 3.48. The molecule has 0 aromatic heterocycles. The van der Waals surface area contributed by atoms with Gasteiger partial charge in [0.2, 0.25) is 5.91 Å². The lowest BCUT2D eigenvalue weighted by molar-refractivity contribution is -0.153. The zero-order valence-corrected chi connectivity index (χ0v) is 9.30. The minimum atomic E-state index is -3.00. The summed E-state index contributed by atoms with van der Waals surface area (Å²) in [7, 11) is -3.00. The Labute approximate surface area is 87.6 Å². The number of carboxylic acid groups (broad SMARTS) is 1. The van der Waals surface area contributed by atoms with Crippen LogP contribution < -0.4 is 5.32 Å². The number of aliphatic carboxylic acids is 1. The van der Waals surface area contributed by atoms with E-state index < -0.39 is 33.2 Å². The van der Waals surface area contributed by atoms with Crippen molar-refractivity contribution in [1.29, 1.82) is 0 Å². The topological polar surface area (TPSA) is 101 Å². The van der Waals surface area contributed by atoms with E-state index in [4.69, 9.17) is 5.11 Å². The van der Waals surface area contributed by atoms with Crippen molar-refractivity contribution in [3.05, 3.63) is 0 Å². The van der Waals surface area contributed by atoms with Crippen molar-refractivity contribution in [2.45, 2.75) is 19.9 Å². The standard InChI is InChI=1S/C8H13NO5S/c1-8(2,7(11)12)6(10)9-5-3-15(13,14)4-5/h5H,3-4H2,1-2H3,(H,9,10)(H,11,12). The van der Waals surface area contributed by atoms with Gasteiger partial charge < -0.3 is 10.4 Å². The molecule has 1 heterocycles. The summed E-state index contributed by atoms with van der Waals surface area (Å²) in [6.07, 6.45) is 0. The Hall–Kier alpha value is -1.11. The molecule has 0 unspecified atom stereocenters. The predicted molar refractivity (Wildman–Crippen MR) is 52.0 cm³/mol. The zero-order valence-electron chi connectivity index (χ0n) is 8.48. The molecule has 6 nitrogen and oxygen atoms in total. The molecule has 1 fully saturated rings. The van der Waals surface area contributed by atoms with Crippen LogP contribution in [0.2, 0.25) is 0 Å². The summed E-state index contributed by atoms with van der Waals surface area (Å²) in [5.41, 5.74) is -1.53. The van der Waals surface area contributed by atoms with Gasteiger partial charge in [-0.2, -0.15) is 0 Å². The Morgan fingerprint density at radius 1 is 1.33 bits per heavy atom. The van der Waals surface area contributed by atoms with Crippen molar-refractivity contribution in [2.75, 3.05) is 11.5 Å². The molecular formula is C8H13NO5S. The average molecular weight is 235 g/mol. The van der Waals surface area contributed by atoms with Crippen LogP contribution in [0.15, 0.2) is 0 Å². The second-order valence-electron chi connectivity index (χ2n) is 4.18. The summed E-state index contributed by atoms with van der Waals surface area (Å²) >= 11 is 0. The molecule has 0 atom stereocenters. The minimum Gasteiger partial charge on any atom is -0.480 e. The third-order valence-corrected chi connectivity index (χ3v) is 4.17. The number of carbonyl (C=O) groups is 2. The van der Waals surface area contributed by atoms with Crippen LogP contribution in [0, 0.1) is 5.41 Å². The molecule has 0 spiro atoms. The molecule has 1 saturated heterocycles. The molecule has 1 aliphatic rings. The quantitative estimate of drug-likeness (QED) is 0.612. The molecule has 86 valence electrons. The Morgan fingerprint density at radius 3 is 2.13 bits per heavy atom. The van der Waals surface area contributed by atoms with E-state index in [0.29, 0.717) is 0 Å². The summed E-state index contributed by atoms with van der Waals surface area (Å²) in [6, 6.07) is -0.443. The fraction of sp³-hybridized carbons (Fsp3) is 0.750. The molecule has 0 aliphatic carbocycles. The normalized spacial score (nSPS) is 20.4. The van der Waals surface area contributed by atoms with Gasteiger partial charge in [-0.25, -0.2) is 8.42 Å². The van der Waals surface area contributed by atoms with Crippen LogP contribution in [0.1, 0.15) is 13.8 Å². The average Bonchev–Trinajstić information content (AvgIpc) is 2.00. The fourth-order valence-electron chi connectivity index (χ4n) is 1.11. The maximum absolute atomic E-state index is 11.4. The molecule has 0 aromatic rings. The summed E-state index contributed by atoms with van der Waals surface area (Å²) in [6.45, 7) is 2.55. The molecule has 15 heavy (non-hydrogen) atoms. The number of hydrogen-bond acceptors (Lipinski definition) is 4. The van der Waals surface area contributed by atoms with Gasteiger partial charge in [0.1, 0.15) is 5.41 Å². The van der Waals surface area contributed by atoms with Crippen LogP contribution in [-0.2, 0) is 19.4 Å². The van der Waals surface area contributed by atoms with Gasteiger partial charge in [-0.15, -0.1) is 0 Å². The van der Waals surface area contributed by atoms with E-state index in [9.17, 15) is 18.0 Å². The number of hydrogen-bond donors (Lipinski definition) is 2. The summed E-state index contributed by atoms with van der Waals surface area (Å²) in [4.78, 5) is 22.1. The van der Waals surface area contributed by atoms with E-state index in [-0.39, 0.29) is 11.5 Å². The Bertz CT molecular complexity index is 385. The highest BCUT2D eigenvalue weighted by molar-refractivity contribution is 7.92. The number of nitrogens with one attached hydrogen (secondary N) is 1. The van der Waals surface area contributed by atoms with Gasteiger partial charge in [0, 0.05) is 0 Å². The van der Waals surface area contributed by atoms with Crippen LogP contribution in [0.3, 0.4) is 0 Å². The lowest BCUT2D eigenvalue weighted by atomic mass is 9.92. The SMILES string of the molecule is CC(C)(C(=O)O)C(=O)NC1CS(=O)(=O)C1. The van der Waals surface area contributed by atoms with E-state index in [0.717, 1.165) is 0 Å². The molecule has 7 heteroatoms. The summed E-state index contributed by atoms with van der Waals surface area (Å²) in [5, 5.41) is 11.1. The predicted octanol–water partition coefficient (Wildman–Crippen LogP) is -0.990. The third kappa shape index (κ3) is 2.47. The van der Waals surface area contributed by atoms with Gasteiger partial charge in [0.05, 0.1) is 17.5 Å². The number of carbonyl (C=O) groups excluding carboxylic acids is 1. The maximum atomic E-state index is 11.4. The molecule has 0 saturated carbocycles. The zero-order chi connectivity index (χ0) is 11.9. The first-order valence-corrected chi connectivity index (χ1v) is 6.22. The molecule has 1 amide bonds. The first kappa shape index (κ1) is 12.0. The lowest BCUT2D eigenvalue weighted by Crippen LogP contribution is -2.56. The van der Waals surface area contributed by atoms with Gasteiger partial charge >= 0.3 is 5.97 Å². The molecule has 0 radical (unpaired) electrons. The van der Waals surface area contributed by atoms with Crippen LogP contribution in [0.25, 0.3) is 0 Å². The second-order valence-corrected chi connectivity index (χ2v) is 6.33. The Balaban J connectivity index is 2.55. The van der Waals surface area contributed by atoms with Gasteiger partial charge in [0.25, 0.3) is 0 Å². The number of rotatable bonds is 3. The van der Waals surface area contributed by atoms with E-state index in [1.54, 1.807) is 0 Å². The van der Waals surface area contributed by atoms with Gasteiger partial charge in [-0.3, -0.25) is 9.59 Å². The molecule has 2 N–H and O–H groups in total. The third-order valence-electron chi connectivity index (χ3n) is 2.35. The smallest absolute Gasteiger partial charge is 0.318 e.